The summed E-state index contributed by atoms with van der Waals surface area (Å²) in [6.45, 7) is 1.77. The molecule has 0 aromatic heterocycles. The molecule has 4 heteroatoms. The van der Waals surface area contributed by atoms with Crippen LogP contribution < -0.4 is 10.6 Å². The minimum absolute atomic E-state index is 0.0326. The predicted molar refractivity (Wildman–Crippen MR) is 87.5 cm³/mol. The van der Waals surface area contributed by atoms with Crippen LogP contribution in [0.3, 0.4) is 0 Å². The van der Waals surface area contributed by atoms with Gasteiger partial charge in [0.05, 0.1) is 6.04 Å². The molecule has 2 fully saturated rings. The summed E-state index contributed by atoms with van der Waals surface area (Å²) < 4.78 is 0.190. The summed E-state index contributed by atoms with van der Waals surface area (Å²) in [6, 6.07) is 10.6. The van der Waals surface area contributed by atoms with Gasteiger partial charge in [-0.2, -0.15) is 0 Å². The van der Waals surface area contributed by atoms with Gasteiger partial charge in [0.2, 0.25) is 5.91 Å². The first-order chi connectivity index (χ1) is 10.3. The minimum Gasteiger partial charge on any atom is -0.353 e. The average molecular weight is 304 g/mol. The lowest BCUT2D eigenvalue weighted by molar-refractivity contribution is -0.122. The number of nitrogens with one attached hydrogen (secondary N) is 2. The van der Waals surface area contributed by atoms with Gasteiger partial charge in [-0.05, 0) is 44.4 Å². The lowest BCUT2D eigenvalue weighted by Crippen LogP contribution is -2.45. The van der Waals surface area contributed by atoms with E-state index in [4.69, 9.17) is 0 Å². The van der Waals surface area contributed by atoms with Crippen LogP contribution in [0.5, 0.6) is 0 Å². The van der Waals surface area contributed by atoms with Crippen molar-refractivity contribution in [3.63, 3.8) is 0 Å². The number of rotatable bonds is 5. The van der Waals surface area contributed by atoms with Crippen molar-refractivity contribution in [1.82, 2.24) is 10.6 Å². The van der Waals surface area contributed by atoms with Crippen LogP contribution in [0, 0.1) is 0 Å². The van der Waals surface area contributed by atoms with E-state index in [1.807, 2.05) is 11.8 Å². The fraction of sp³-hybridized carbons (Fsp3) is 0.588. The van der Waals surface area contributed by atoms with Gasteiger partial charge in [0.25, 0.3) is 0 Å². The molecule has 0 bridgehead atoms. The van der Waals surface area contributed by atoms with Crippen LogP contribution in [0.25, 0.3) is 0 Å². The molecule has 0 spiro atoms. The largest absolute Gasteiger partial charge is 0.353 e. The quantitative estimate of drug-likeness (QED) is 0.879. The van der Waals surface area contributed by atoms with E-state index >= 15 is 0 Å². The molecule has 1 aliphatic heterocycles. The summed E-state index contributed by atoms with van der Waals surface area (Å²) >= 11 is 1.95. The molecular weight excluding hydrogens is 280 g/mol. The van der Waals surface area contributed by atoms with Gasteiger partial charge in [0, 0.05) is 16.2 Å². The fourth-order valence-corrected chi connectivity index (χ4v) is 4.78. The van der Waals surface area contributed by atoms with Gasteiger partial charge in [-0.3, -0.25) is 4.79 Å². The highest BCUT2D eigenvalue weighted by Crippen LogP contribution is 2.44. The Bertz CT molecular complexity index is 465. The van der Waals surface area contributed by atoms with E-state index in [0.29, 0.717) is 0 Å². The first-order valence-electron chi connectivity index (χ1n) is 8.03. The topological polar surface area (TPSA) is 41.1 Å². The van der Waals surface area contributed by atoms with Gasteiger partial charge in [0.15, 0.2) is 0 Å². The first kappa shape index (κ1) is 14.9. The van der Waals surface area contributed by atoms with Crippen molar-refractivity contribution in [3.05, 3.63) is 30.3 Å². The molecule has 1 atom stereocenters. The molecule has 114 valence electrons. The van der Waals surface area contributed by atoms with E-state index in [0.717, 1.165) is 25.9 Å². The molecule has 1 aliphatic carbocycles. The molecule has 1 unspecified atom stereocenters. The van der Waals surface area contributed by atoms with E-state index in [1.165, 1.54) is 30.6 Å². The molecule has 0 radical (unpaired) electrons. The van der Waals surface area contributed by atoms with Gasteiger partial charge < -0.3 is 10.6 Å². The smallest absolute Gasteiger partial charge is 0.237 e. The molecule has 1 saturated carbocycles. The lowest BCUT2D eigenvalue weighted by Gasteiger charge is -2.29. The first-order valence-corrected chi connectivity index (χ1v) is 8.84. The van der Waals surface area contributed by atoms with Crippen molar-refractivity contribution in [3.8, 4) is 0 Å². The van der Waals surface area contributed by atoms with E-state index in [9.17, 15) is 4.79 Å². The molecule has 3 nitrogen and oxygen atoms in total. The zero-order valence-corrected chi connectivity index (χ0v) is 13.3. The summed E-state index contributed by atoms with van der Waals surface area (Å²) in [7, 11) is 0. The Morgan fingerprint density at radius 1 is 1.24 bits per heavy atom. The summed E-state index contributed by atoms with van der Waals surface area (Å²) in [6.07, 6.45) is 7.04. The predicted octanol–water partition coefficient (Wildman–Crippen LogP) is 2.96. The minimum atomic E-state index is 0.0326. The third-order valence-electron chi connectivity index (χ3n) is 4.55. The van der Waals surface area contributed by atoms with Crippen molar-refractivity contribution >= 4 is 17.7 Å². The SMILES string of the molecule is O=C(NCC1(Sc2ccccc2)CCCC1)C1CCCN1. The molecule has 1 amide bonds. The number of hydrogen-bond donors (Lipinski definition) is 2. The van der Waals surface area contributed by atoms with Crippen LogP contribution in [-0.2, 0) is 4.79 Å². The van der Waals surface area contributed by atoms with Crippen molar-refractivity contribution < 1.29 is 4.79 Å². The summed E-state index contributed by atoms with van der Waals surface area (Å²) in [5, 5.41) is 6.48. The Hall–Kier alpha value is -1.00. The van der Waals surface area contributed by atoms with Crippen LogP contribution in [0.2, 0.25) is 0 Å². The average Bonchev–Trinajstić information content (AvgIpc) is 3.18. The molecule has 2 N–H and O–H groups in total. The normalized spacial score (nSPS) is 24.1. The van der Waals surface area contributed by atoms with Gasteiger partial charge in [0.1, 0.15) is 0 Å². The number of amides is 1. The van der Waals surface area contributed by atoms with Crippen LogP contribution in [0.15, 0.2) is 35.2 Å². The second-order valence-corrected chi connectivity index (χ2v) is 7.71. The Morgan fingerprint density at radius 3 is 2.67 bits per heavy atom. The molecule has 1 aromatic rings. The highest BCUT2D eigenvalue weighted by atomic mass is 32.2. The monoisotopic (exact) mass is 304 g/mol. The van der Waals surface area contributed by atoms with Crippen molar-refractivity contribution in [1.29, 1.82) is 0 Å². The molecule has 3 rings (SSSR count). The number of thioether (sulfide) groups is 1. The highest BCUT2D eigenvalue weighted by molar-refractivity contribution is 8.00. The number of carbonyl (C=O) groups excluding carboxylic acids is 1. The van der Waals surface area contributed by atoms with Crippen molar-refractivity contribution in [2.24, 2.45) is 0 Å². The zero-order chi connectivity index (χ0) is 14.5. The maximum Gasteiger partial charge on any atom is 0.237 e. The third kappa shape index (κ3) is 3.80. The van der Waals surface area contributed by atoms with E-state index in [2.05, 4.69) is 41.0 Å². The van der Waals surface area contributed by atoms with Gasteiger partial charge in [-0.1, -0.05) is 31.0 Å². The second kappa shape index (κ2) is 6.84. The molecule has 1 saturated heterocycles. The molecule has 21 heavy (non-hydrogen) atoms. The summed E-state index contributed by atoms with van der Waals surface area (Å²) in [5.41, 5.74) is 0. The maximum atomic E-state index is 12.2. The van der Waals surface area contributed by atoms with Crippen LogP contribution in [0.1, 0.15) is 38.5 Å². The van der Waals surface area contributed by atoms with Gasteiger partial charge in [-0.15, -0.1) is 11.8 Å². The fourth-order valence-electron chi connectivity index (χ4n) is 3.35. The molecular formula is C17H24N2OS. The molecule has 1 heterocycles. The summed E-state index contributed by atoms with van der Waals surface area (Å²) in [4.78, 5) is 13.5. The standard InChI is InChI=1S/C17H24N2OS/c20-16(15-9-6-12-18-15)19-13-17(10-4-5-11-17)21-14-7-2-1-3-8-14/h1-3,7-8,15,18H,4-6,9-13H2,(H,19,20). The second-order valence-electron chi connectivity index (χ2n) is 6.17. The summed E-state index contributed by atoms with van der Waals surface area (Å²) in [5.74, 6) is 0.187. The number of carbonyl (C=O) groups is 1. The Balaban J connectivity index is 1.60. The van der Waals surface area contributed by atoms with Crippen LogP contribution in [-0.4, -0.2) is 29.8 Å². The van der Waals surface area contributed by atoms with Gasteiger partial charge in [-0.25, -0.2) is 0 Å². The lowest BCUT2D eigenvalue weighted by atomic mass is 10.1. The number of benzene rings is 1. The zero-order valence-electron chi connectivity index (χ0n) is 12.4. The van der Waals surface area contributed by atoms with Crippen LogP contribution >= 0.6 is 11.8 Å². The molecule has 2 aliphatic rings. The highest BCUT2D eigenvalue weighted by Gasteiger charge is 2.36. The third-order valence-corrected chi connectivity index (χ3v) is 6.05. The number of hydrogen-bond acceptors (Lipinski definition) is 3. The Labute approximate surface area is 131 Å². The van der Waals surface area contributed by atoms with Gasteiger partial charge >= 0.3 is 0 Å². The van der Waals surface area contributed by atoms with Crippen LogP contribution in [0.4, 0.5) is 0 Å². The van der Waals surface area contributed by atoms with Crippen molar-refractivity contribution in [2.45, 2.75) is 54.2 Å². The van der Waals surface area contributed by atoms with E-state index in [-0.39, 0.29) is 16.7 Å². The Morgan fingerprint density at radius 2 is 2.00 bits per heavy atom. The maximum absolute atomic E-state index is 12.2. The Kier molecular flexibility index (Phi) is 4.86. The molecule has 1 aromatic carbocycles. The van der Waals surface area contributed by atoms with E-state index < -0.39 is 0 Å². The van der Waals surface area contributed by atoms with Crippen molar-refractivity contribution in [2.75, 3.05) is 13.1 Å². The van der Waals surface area contributed by atoms with E-state index in [1.54, 1.807) is 0 Å².